The molecule has 0 amide bonds. The molecule has 0 radical (unpaired) electrons. The normalized spacial score (nSPS) is 12.1. The van der Waals surface area contributed by atoms with E-state index in [1.54, 1.807) is 19.4 Å². The molecule has 2 rings (SSSR count). The SMILES string of the molecule is COC[C@@H](C)Nc1nc(C#N)cc2cnc(SC)nc12. The van der Waals surface area contributed by atoms with E-state index in [0.29, 0.717) is 28.8 Å². The molecule has 2 aromatic rings. The predicted octanol–water partition coefficient (Wildman–Crippen LogP) is 2.07. The first-order chi connectivity index (χ1) is 9.67. The van der Waals surface area contributed by atoms with Gasteiger partial charge >= 0.3 is 0 Å². The molecule has 0 aliphatic rings. The van der Waals surface area contributed by atoms with E-state index in [1.165, 1.54) is 11.8 Å². The van der Waals surface area contributed by atoms with Crippen LogP contribution in [-0.2, 0) is 4.74 Å². The molecule has 7 heteroatoms. The van der Waals surface area contributed by atoms with Gasteiger partial charge in [0, 0.05) is 24.7 Å². The maximum atomic E-state index is 9.05. The van der Waals surface area contributed by atoms with E-state index in [0.717, 1.165) is 5.39 Å². The highest BCUT2D eigenvalue weighted by atomic mass is 32.2. The van der Waals surface area contributed by atoms with E-state index in [2.05, 4.69) is 26.3 Å². The molecule has 0 fully saturated rings. The molecule has 0 unspecified atom stereocenters. The molecule has 2 aromatic heterocycles. The maximum absolute atomic E-state index is 9.05. The van der Waals surface area contributed by atoms with Crippen molar-refractivity contribution in [3.63, 3.8) is 0 Å². The summed E-state index contributed by atoms with van der Waals surface area (Å²) >= 11 is 1.46. The molecule has 0 aromatic carbocycles. The molecule has 0 spiro atoms. The second-order valence-corrected chi connectivity index (χ2v) is 5.04. The predicted molar refractivity (Wildman–Crippen MR) is 78.8 cm³/mol. The van der Waals surface area contributed by atoms with Gasteiger partial charge in [-0.25, -0.2) is 15.0 Å². The van der Waals surface area contributed by atoms with Gasteiger partial charge in [0.05, 0.1) is 6.61 Å². The van der Waals surface area contributed by atoms with Crippen molar-refractivity contribution in [3.05, 3.63) is 18.0 Å². The average Bonchev–Trinajstić information content (AvgIpc) is 2.46. The van der Waals surface area contributed by atoms with Gasteiger partial charge in [-0.05, 0) is 19.2 Å². The Bertz CT molecular complexity index is 655. The lowest BCUT2D eigenvalue weighted by Gasteiger charge is -2.15. The lowest BCUT2D eigenvalue weighted by atomic mass is 10.2. The first-order valence-corrected chi connectivity index (χ1v) is 7.27. The Kier molecular flexibility index (Phi) is 4.71. The second-order valence-electron chi connectivity index (χ2n) is 4.26. The van der Waals surface area contributed by atoms with Crippen LogP contribution < -0.4 is 5.32 Å². The number of methoxy groups -OCH3 is 1. The van der Waals surface area contributed by atoms with Gasteiger partial charge < -0.3 is 10.1 Å². The van der Waals surface area contributed by atoms with Crippen LogP contribution in [0.1, 0.15) is 12.6 Å². The second kappa shape index (κ2) is 6.50. The Balaban J connectivity index is 2.51. The van der Waals surface area contributed by atoms with Gasteiger partial charge in [-0.3, -0.25) is 0 Å². The first kappa shape index (κ1) is 14.5. The quantitative estimate of drug-likeness (QED) is 0.666. The minimum Gasteiger partial charge on any atom is -0.383 e. The zero-order valence-corrected chi connectivity index (χ0v) is 12.4. The minimum atomic E-state index is 0.0670. The molecule has 0 saturated heterocycles. The summed E-state index contributed by atoms with van der Waals surface area (Å²) in [5, 5.41) is 13.7. The highest BCUT2D eigenvalue weighted by molar-refractivity contribution is 7.98. The lowest BCUT2D eigenvalue weighted by Crippen LogP contribution is -2.22. The Labute approximate surface area is 121 Å². The number of fused-ring (bicyclic) bond motifs is 1. The number of nitrogens with one attached hydrogen (secondary N) is 1. The molecule has 6 nitrogen and oxygen atoms in total. The van der Waals surface area contributed by atoms with Crippen molar-refractivity contribution in [2.24, 2.45) is 0 Å². The van der Waals surface area contributed by atoms with Crippen molar-refractivity contribution in [2.75, 3.05) is 25.3 Å². The van der Waals surface area contributed by atoms with Crippen LogP contribution in [0.2, 0.25) is 0 Å². The Morgan fingerprint density at radius 2 is 2.30 bits per heavy atom. The molecule has 2 heterocycles. The third-order valence-corrected chi connectivity index (χ3v) is 3.20. The van der Waals surface area contributed by atoms with Crippen LogP contribution >= 0.6 is 11.8 Å². The van der Waals surface area contributed by atoms with E-state index in [-0.39, 0.29) is 6.04 Å². The summed E-state index contributed by atoms with van der Waals surface area (Å²) in [4.78, 5) is 13.0. The average molecular weight is 289 g/mol. The first-order valence-electron chi connectivity index (χ1n) is 6.05. The molecule has 20 heavy (non-hydrogen) atoms. The molecular formula is C13H15N5OS. The molecule has 0 aliphatic carbocycles. The summed E-state index contributed by atoms with van der Waals surface area (Å²) in [6.07, 6.45) is 3.63. The fourth-order valence-corrected chi connectivity index (χ4v) is 2.15. The van der Waals surface area contributed by atoms with Crippen LogP contribution in [0.4, 0.5) is 5.82 Å². The standard InChI is InChI=1S/C13H15N5OS/c1-8(7-19-2)16-12-11-9(4-10(5-14)17-12)6-15-13(18-11)20-3/h4,6,8H,7H2,1-3H3,(H,16,17)/t8-/m1/s1. The van der Waals surface area contributed by atoms with Gasteiger partial charge in [0.25, 0.3) is 0 Å². The zero-order chi connectivity index (χ0) is 14.5. The van der Waals surface area contributed by atoms with Gasteiger partial charge in [-0.1, -0.05) is 11.8 Å². The van der Waals surface area contributed by atoms with Gasteiger partial charge in [-0.2, -0.15) is 5.26 Å². The maximum Gasteiger partial charge on any atom is 0.187 e. The van der Waals surface area contributed by atoms with Gasteiger partial charge in [0.15, 0.2) is 11.0 Å². The number of aromatic nitrogens is 3. The fourth-order valence-electron chi connectivity index (χ4n) is 1.80. The van der Waals surface area contributed by atoms with E-state index >= 15 is 0 Å². The van der Waals surface area contributed by atoms with Crippen LogP contribution in [0.25, 0.3) is 10.9 Å². The summed E-state index contributed by atoms with van der Waals surface area (Å²) in [7, 11) is 1.64. The van der Waals surface area contributed by atoms with E-state index in [1.807, 2.05) is 13.2 Å². The number of anilines is 1. The Morgan fingerprint density at radius 1 is 1.50 bits per heavy atom. The number of ether oxygens (including phenoxy) is 1. The molecule has 0 aliphatic heterocycles. The van der Waals surface area contributed by atoms with Gasteiger partial charge in [-0.15, -0.1) is 0 Å². The number of rotatable bonds is 5. The van der Waals surface area contributed by atoms with Crippen LogP contribution in [0.3, 0.4) is 0 Å². The van der Waals surface area contributed by atoms with Crippen molar-refractivity contribution >= 4 is 28.5 Å². The topological polar surface area (TPSA) is 83.7 Å². The Hall–Kier alpha value is -1.91. The van der Waals surface area contributed by atoms with Crippen LogP contribution in [0, 0.1) is 11.3 Å². The number of thioether (sulfide) groups is 1. The molecule has 0 saturated carbocycles. The van der Waals surface area contributed by atoms with E-state index < -0.39 is 0 Å². The van der Waals surface area contributed by atoms with E-state index in [4.69, 9.17) is 10.00 Å². The minimum absolute atomic E-state index is 0.0670. The highest BCUT2D eigenvalue weighted by Crippen LogP contribution is 2.23. The van der Waals surface area contributed by atoms with Crippen LogP contribution in [0.15, 0.2) is 17.4 Å². The number of nitrogens with zero attached hydrogens (tertiary/aromatic N) is 4. The third-order valence-electron chi connectivity index (χ3n) is 2.64. The number of hydrogen-bond donors (Lipinski definition) is 1. The summed E-state index contributed by atoms with van der Waals surface area (Å²) in [5.74, 6) is 0.585. The Morgan fingerprint density at radius 3 is 2.95 bits per heavy atom. The van der Waals surface area contributed by atoms with Gasteiger partial charge in [0.2, 0.25) is 0 Å². The largest absolute Gasteiger partial charge is 0.383 e. The number of nitriles is 1. The highest BCUT2D eigenvalue weighted by Gasteiger charge is 2.11. The lowest BCUT2D eigenvalue weighted by molar-refractivity contribution is 0.190. The molecule has 104 valence electrons. The zero-order valence-electron chi connectivity index (χ0n) is 11.5. The van der Waals surface area contributed by atoms with Crippen molar-refractivity contribution in [1.82, 2.24) is 15.0 Å². The molecule has 0 bridgehead atoms. The summed E-state index contributed by atoms with van der Waals surface area (Å²) in [6, 6.07) is 3.80. The monoisotopic (exact) mass is 289 g/mol. The van der Waals surface area contributed by atoms with Crippen molar-refractivity contribution in [2.45, 2.75) is 18.1 Å². The van der Waals surface area contributed by atoms with Crippen molar-refractivity contribution in [3.8, 4) is 6.07 Å². The number of pyridine rings is 1. The van der Waals surface area contributed by atoms with Gasteiger partial charge in [0.1, 0.15) is 17.3 Å². The third kappa shape index (κ3) is 3.15. The smallest absolute Gasteiger partial charge is 0.187 e. The van der Waals surface area contributed by atoms with Crippen LogP contribution in [0.5, 0.6) is 0 Å². The number of hydrogen-bond acceptors (Lipinski definition) is 7. The van der Waals surface area contributed by atoms with Crippen molar-refractivity contribution < 1.29 is 4.74 Å². The summed E-state index contributed by atoms with van der Waals surface area (Å²) in [5.41, 5.74) is 1.05. The summed E-state index contributed by atoms with van der Waals surface area (Å²) in [6.45, 7) is 2.52. The fraction of sp³-hybridized carbons (Fsp3) is 0.385. The van der Waals surface area contributed by atoms with Crippen molar-refractivity contribution in [1.29, 1.82) is 5.26 Å². The summed E-state index contributed by atoms with van der Waals surface area (Å²) < 4.78 is 5.10. The molecule has 1 N–H and O–H groups in total. The van der Waals surface area contributed by atoms with E-state index in [9.17, 15) is 0 Å². The van der Waals surface area contributed by atoms with Crippen LogP contribution in [-0.4, -0.2) is 41.0 Å². The molecular weight excluding hydrogens is 274 g/mol. The molecule has 1 atom stereocenters.